The summed E-state index contributed by atoms with van der Waals surface area (Å²) in [6.45, 7) is 5.13. The van der Waals surface area contributed by atoms with Gasteiger partial charge in [0.15, 0.2) is 0 Å². The number of amides is 1. The average Bonchev–Trinajstić information content (AvgIpc) is 3.13. The number of pyridine rings is 2. The zero-order valence-electron chi connectivity index (χ0n) is 16.6. The van der Waals surface area contributed by atoms with Crippen molar-refractivity contribution in [1.82, 2.24) is 9.97 Å². The number of nitrogens with zero attached hydrogens (tertiary/aromatic N) is 3. The largest absolute Gasteiger partial charge is 0.378 e. The van der Waals surface area contributed by atoms with Gasteiger partial charge in [-0.25, -0.2) is 9.97 Å². The van der Waals surface area contributed by atoms with E-state index in [0.717, 1.165) is 59.8 Å². The standard InChI is InChI=1S/C23H21ClN4O2/c1-13-8-15(12-26-22(13)24)20-11-19(23(25)29)18-10-14-9-16(28-4-6-30-7-5-28)2-3-17(14)21(18)27-20/h2-3,8-9,11-12H,4-7,10H2,1H3,(H2,25,29). The number of hydrogen-bond donors (Lipinski definition) is 1. The Labute approximate surface area is 179 Å². The predicted molar refractivity (Wildman–Crippen MR) is 117 cm³/mol. The van der Waals surface area contributed by atoms with Crippen molar-refractivity contribution in [3.8, 4) is 22.5 Å². The molecule has 0 spiro atoms. The third-order valence-electron chi connectivity index (χ3n) is 5.79. The Hall–Kier alpha value is -2.96. The highest BCUT2D eigenvalue weighted by molar-refractivity contribution is 6.30. The first-order valence-corrected chi connectivity index (χ1v) is 10.3. The minimum Gasteiger partial charge on any atom is -0.378 e. The number of halogens is 1. The van der Waals surface area contributed by atoms with Crippen molar-refractivity contribution in [2.24, 2.45) is 5.73 Å². The molecule has 3 heterocycles. The summed E-state index contributed by atoms with van der Waals surface area (Å²) in [6.07, 6.45) is 2.32. The highest BCUT2D eigenvalue weighted by atomic mass is 35.5. The number of primary amides is 1. The number of carbonyl (C=O) groups excluding carboxylic acids is 1. The maximum absolute atomic E-state index is 12.3. The van der Waals surface area contributed by atoms with E-state index in [-0.39, 0.29) is 0 Å². The molecule has 1 fully saturated rings. The Morgan fingerprint density at radius 1 is 1.20 bits per heavy atom. The predicted octanol–water partition coefficient (Wildman–Crippen LogP) is 3.61. The van der Waals surface area contributed by atoms with Crippen molar-refractivity contribution in [1.29, 1.82) is 0 Å². The van der Waals surface area contributed by atoms with Crippen LogP contribution in [0.4, 0.5) is 5.69 Å². The lowest BCUT2D eigenvalue weighted by atomic mass is 10.0. The summed E-state index contributed by atoms with van der Waals surface area (Å²) in [4.78, 5) is 23.7. The van der Waals surface area contributed by atoms with Crippen LogP contribution in [0.15, 0.2) is 36.5 Å². The molecule has 1 saturated heterocycles. The van der Waals surface area contributed by atoms with Gasteiger partial charge in [0.1, 0.15) is 5.15 Å². The average molecular weight is 421 g/mol. The van der Waals surface area contributed by atoms with E-state index in [4.69, 9.17) is 27.1 Å². The molecule has 152 valence electrons. The molecule has 0 saturated carbocycles. The van der Waals surface area contributed by atoms with E-state index >= 15 is 0 Å². The molecular formula is C23H21ClN4O2. The number of rotatable bonds is 3. The lowest BCUT2D eigenvalue weighted by molar-refractivity contribution is 0.0999. The molecule has 30 heavy (non-hydrogen) atoms. The Morgan fingerprint density at radius 3 is 2.73 bits per heavy atom. The highest BCUT2D eigenvalue weighted by Gasteiger charge is 2.27. The summed E-state index contributed by atoms with van der Waals surface area (Å²) < 4.78 is 5.46. The number of carbonyl (C=O) groups is 1. The first-order chi connectivity index (χ1) is 14.5. The molecule has 0 radical (unpaired) electrons. The van der Waals surface area contributed by atoms with Gasteiger partial charge < -0.3 is 15.4 Å². The Balaban J connectivity index is 1.60. The van der Waals surface area contributed by atoms with Gasteiger partial charge in [0.25, 0.3) is 0 Å². The van der Waals surface area contributed by atoms with E-state index in [2.05, 4.69) is 28.1 Å². The van der Waals surface area contributed by atoms with E-state index in [1.54, 1.807) is 12.3 Å². The quantitative estimate of drug-likeness (QED) is 0.512. The summed E-state index contributed by atoms with van der Waals surface area (Å²) in [5, 5.41) is 0.455. The van der Waals surface area contributed by atoms with Crippen molar-refractivity contribution in [2.45, 2.75) is 13.3 Å². The van der Waals surface area contributed by atoms with Crippen LogP contribution < -0.4 is 10.6 Å². The molecular weight excluding hydrogens is 400 g/mol. The second-order valence-corrected chi connectivity index (χ2v) is 8.05. The minimum absolute atomic E-state index is 0.449. The number of fused-ring (bicyclic) bond motifs is 3. The van der Waals surface area contributed by atoms with Gasteiger partial charge in [-0.3, -0.25) is 4.79 Å². The topological polar surface area (TPSA) is 81.3 Å². The molecule has 1 amide bonds. The first-order valence-electron chi connectivity index (χ1n) is 9.93. The van der Waals surface area contributed by atoms with Crippen LogP contribution in [0.25, 0.3) is 22.5 Å². The van der Waals surface area contributed by atoms with Crippen LogP contribution in [0.2, 0.25) is 5.15 Å². The monoisotopic (exact) mass is 420 g/mol. The summed E-state index contributed by atoms with van der Waals surface area (Å²) >= 11 is 6.07. The third kappa shape index (κ3) is 3.22. The van der Waals surface area contributed by atoms with Crippen molar-refractivity contribution >= 4 is 23.2 Å². The minimum atomic E-state index is -0.449. The number of benzene rings is 1. The van der Waals surface area contributed by atoms with Gasteiger partial charge in [-0.15, -0.1) is 0 Å². The SMILES string of the molecule is Cc1cc(-c2cc(C(N)=O)c3c(n2)-c2ccc(N4CCOCC4)cc2C3)cnc1Cl. The third-order valence-corrected chi connectivity index (χ3v) is 6.18. The van der Waals surface area contributed by atoms with Crippen LogP contribution in [0.3, 0.4) is 0 Å². The molecule has 0 bridgehead atoms. The van der Waals surface area contributed by atoms with Crippen LogP contribution >= 0.6 is 11.6 Å². The van der Waals surface area contributed by atoms with Crippen LogP contribution in [0.5, 0.6) is 0 Å². The smallest absolute Gasteiger partial charge is 0.249 e. The normalized spacial score (nSPS) is 15.1. The zero-order valence-corrected chi connectivity index (χ0v) is 17.4. The van der Waals surface area contributed by atoms with Gasteiger partial charge in [-0.1, -0.05) is 17.7 Å². The summed E-state index contributed by atoms with van der Waals surface area (Å²) in [7, 11) is 0. The number of anilines is 1. The van der Waals surface area contributed by atoms with Gasteiger partial charge in [0.2, 0.25) is 5.91 Å². The fourth-order valence-corrected chi connectivity index (χ4v) is 4.31. The summed E-state index contributed by atoms with van der Waals surface area (Å²) in [5.41, 5.74) is 13.7. The van der Waals surface area contributed by atoms with Crippen LogP contribution in [0.1, 0.15) is 27.0 Å². The molecule has 2 aromatic heterocycles. The first kappa shape index (κ1) is 19.0. The molecule has 7 heteroatoms. The Bertz CT molecular complexity index is 1170. The van der Waals surface area contributed by atoms with E-state index in [1.165, 1.54) is 5.69 Å². The van der Waals surface area contributed by atoms with E-state index in [0.29, 0.717) is 22.8 Å². The zero-order chi connectivity index (χ0) is 20.8. The highest BCUT2D eigenvalue weighted by Crippen LogP contribution is 2.40. The van der Waals surface area contributed by atoms with E-state index in [9.17, 15) is 4.79 Å². The van der Waals surface area contributed by atoms with Crippen molar-refractivity contribution < 1.29 is 9.53 Å². The van der Waals surface area contributed by atoms with E-state index in [1.807, 2.05) is 13.0 Å². The maximum atomic E-state index is 12.3. The van der Waals surface area contributed by atoms with Crippen LogP contribution in [0, 0.1) is 6.92 Å². The second-order valence-electron chi connectivity index (χ2n) is 7.70. The van der Waals surface area contributed by atoms with E-state index < -0.39 is 5.91 Å². The van der Waals surface area contributed by atoms with Crippen LogP contribution in [-0.4, -0.2) is 42.2 Å². The van der Waals surface area contributed by atoms with Crippen LogP contribution in [-0.2, 0) is 11.2 Å². The molecule has 1 aliphatic heterocycles. The molecule has 2 aliphatic rings. The molecule has 1 aromatic carbocycles. The fourth-order valence-electron chi connectivity index (χ4n) is 4.21. The maximum Gasteiger partial charge on any atom is 0.249 e. The van der Waals surface area contributed by atoms with Crippen molar-refractivity contribution in [2.75, 3.05) is 31.2 Å². The lowest BCUT2D eigenvalue weighted by Gasteiger charge is -2.29. The molecule has 6 nitrogen and oxygen atoms in total. The van der Waals surface area contributed by atoms with Gasteiger partial charge >= 0.3 is 0 Å². The Kier molecular flexibility index (Phi) is 4.68. The van der Waals surface area contributed by atoms with Gasteiger partial charge in [-0.05, 0) is 47.9 Å². The van der Waals surface area contributed by atoms with Gasteiger partial charge in [0, 0.05) is 48.1 Å². The number of aromatic nitrogens is 2. The number of morpholine rings is 1. The number of nitrogens with two attached hydrogens (primary N) is 1. The Morgan fingerprint density at radius 2 is 2.00 bits per heavy atom. The number of aryl methyl sites for hydroxylation is 1. The van der Waals surface area contributed by atoms with Gasteiger partial charge in [0.05, 0.1) is 24.6 Å². The second kappa shape index (κ2) is 7.38. The molecule has 2 N–H and O–H groups in total. The van der Waals surface area contributed by atoms with Crippen molar-refractivity contribution in [3.05, 3.63) is 63.9 Å². The number of hydrogen-bond acceptors (Lipinski definition) is 5. The molecule has 0 unspecified atom stereocenters. The summed E-state index contributed by atoms with van der Waals surface area (Å²) in [6, 6.07) is 10.1. The molecule has 0 atom stereocenters. The van der Waals surface area contributed by atoms with Gasteiger partial charge in [-0.2, -0.15) is 0 Å². The number of ether oxygens (including phenoxy) is 1. The molecule has 3 aromatic rings. The van der Waals surface area contributed by atoms with Crippen molar-refractivity contribution in [3.63, 3.8) is 0 Å². The lowest BCUT2D eigenvalue weighted by Crippen LogP contribution is -2.36. The molecule has 5 rings (SSSR count). The molecule has 1 aliphatic carbocycles. The fraction of sp³-hybridized carbons (Fsp3) is 0.261. The summed E-state index contributed by atoms with van der Waals surface area (Å²) in [5.74, 6) is -0.449.